The average Bonchev–Trinajstić information content (AvgIpc) is 3.45. The number of esters is 3. The standard InChI is InChI=1S/C73H122O6/c1-4-7-10-13-16-19-22-25-28-30-32-34-36-38-40-42-45-48-51-54-57-60-63-66-72(75)78-69-70(68-77-71(74)65-62-59-56-53-50-47-44-27-24-21-18-15-12-9-6-3)79-73(76)67-64-61-58-55-52-49-46-43-41-39-37-35-33-31-29-26-23-20-17-14-11-8-5-2/h7,9-10,12,16,18-19,21,25,27-28,31-34,38,40,44,50,53,70H,4-6,8,11,13-15,17,20,22-24,26,29-30,35-37,39,41-43,45-49,51-52,54-69H2,1-3H3/b10-7-,12-9-,19-16-,21-18-,28-25-,33-31-,34-32-,40-38-,44-27-,53-50-. The van der Waals surface area contributed by atoms with E-state index in [1.165, 1.54) is 141 Å². The molecule has 0 saturated carbocycles. The van der Waals surface area contributed by atoms with Gasteiger partial charge in [-0.05, 0) is 128 Å². The zero-order chi connectivity index (χ0) is 57.1. The lowest BCUT2D eigenvalue weighted by Gasteiger charge is -2.18. The van der Waals surface area contributed by atoms with E-state index >= 15 is 0 Å². The third-order valence-electron chi connectivity index (χ3n) is 13.9. The molecule has 0 aromatic carbocycles. The van der Waals surface area contributed by atoms with E-state index in [9.17, 15) is 14.4 Å². The zero-order valence-electron chi connectivity index (χ0n) is 51.6. The van der Waals surface area contributed by atoms with E-state index < -0.39 is 6.10 Å². The summed E-state index contributed by atoms with van der Waals surface area (Å²) in [5, 5.41) is 0. The molecule has 6 nitrogen and oxygen atoms in total. The normalized spacial score (nSPS) is 12.9. The first-order valence-corrected chi connectivity index (χ1v) is 33.0. The minimum Gasteiger partial charge on any atom is -0.462 e. The number of allylic oxidation sites excluding steroid dienone is 20. The second-order valence-corrected chi connectivity index (χ2v) is 21.6. The summed E-state index contributed by atoms with van der Waals surface area (Å²) in [6.45, 7) is 6.39. The van der Waals surface area contributed by atoms with Crippen molar-refractivity contribution in [2.45, 2.75) is 309 Å². The van der Waals surface area contributed by atoms with Crippen molar-refractivity contribution in [2.75, 3.05) is 13.2 Å². The Hall–Kier alpha value is -4.19. The number of hydrogen-bond acceptors (Lipinski definition) is 6. The summed E-state index contributed by atoms with van der Waals surface area (Å²) in [6, 6.07) is 0. The highest BCUT2D eigenvalue weighted by Gasteiger charge is 2.19. The van der Waals surface area contributed by atoms with Crippen LogP contribution in [0.25, 0.3) is 0 Å². The first kappa shape index (κ1) is 74.8. The maximum atomic E-state index is 12.9. The maximum absolute atomic E-state index is 12.9. The Bertz CT molecular complexity index is 1640. The van der Waals surface area contributed by atoms with Crippen molar-refractivity contribution < 1.29 is 28.6 Å². The van der Waals surface area contributed by atoms with E-state index in [0.29, 0.717) is 19.3 Å². The van der Waals surface area contributed by atoms with Gasteiger partial charge < -0.3 is 14.2 Å². The van der Waals surface area contributed by atoms with E-state index in [4.69, 9.17) is 14.2 Å². The molecule has 0 rings (SSSR count). The number of carbonyl (C=O) groups is 3. The van der Waals surface area contributed by atoms with E-state index in [1.807, 2.05) is 0 Å². The van der Waals surface area contributed by atoms with Crippen molar-refractivity contribution in [1.29, 1.82) is 0 Å². The van der Waals surface area contributed by atoms with Crippen LogP contribution in [-0.4, -0.2) is 37.2 Å². The molecule has 0 aromatic heterocycles. The van der Waals surface area contributed by atoms with Crippen molar-refractivity contribution in [2.24, 2.45) is 0 Å². The van der Waals surface area contributed by atoms with Crippen molar-refractivity contribution in [3.05, 3.63) is 122 Å². The van der Waals surface area contributed by atoms with Crippen LogP contribution in [-0.2, 0) is 28.6 Å². The largest absolute Gasteiger partial charge is 0.462 e. The molecule has 0 spiro atoms. The number of carbonyl (C=O) groups excluding carboxylic acids is 3. The van der Waals surface area contributed by atoms with Crippen LogP contribution < -0.4 is 0 Å². The third kappa shape index (κ3) is 64.5. The van der Waals surface area contributed by atoms with Crippen LogP contribution in [0.3, 0.4) is 0 Å². The lowest BCUT2D eigenvalue weighted by atomic mass is 10.0. The molecule has 0 aliphatic heterocycles. The van der Waals surface area contributed by atoms with Gasteiger partial charge in [0.05, 0.1) is 0 Å². The summed E-state index contributed by atoms with van der Waals surface area (Å²) in [4.78, 5) is 38.4. The molecular formula is C73H122O6. The molecule has 79 heavy (non-hydrogen) atoms. The van der Waals surface area contributed by atoms with Crippen LogP contribution in [0, 0.1) is 0 Å². The van der Waals surface area contributed by atoms with E-state index in [-0.39, 0.29) is 31.1 Å². The first-order valence-electron chi connectivity index (χ1n) is 33.0. The van der Waals surface area contributed by atoms with Gasteiger partial charge in [-0.15, -0.1) is 0 Å². The Morgan fingerprint density at radius 2 is 0.494 bits per heavy atom. The quantitative estimate of drug-likeness (QED) is 0.0261. The fraction of sp³-hybridized carbons (Fsp3) is 0.685. The molecule has 0 N–H and O–H groups in total. The summed E-state index contributed by atoms with van der Waals surface area (Å²) in [5.74, 6) is -0.946. The second-order valence-electron chi connectivity index (χ2n) is 21.6. The van der Waals surface area contributed by atoms with Crippen LogP contribution >= 0.6 is 0 Å². The van der Waals surface area contributed by atoms with Gasteiger partial charge in [-0.25, -0.2) is 0 Å². The number of rotatable bonds is 59. The summed E-state index contributed by atoms with van der Waals surface area (Å²) >= 11 is 0. The number of hydrogen-bond donors (Lipinski definition) is 0. The van der Waals surface area contributed by atoms with Crippen molar-refractivity contribution in [1.82, 2.24) is 0 Å². The van der Waals surface area contributed by atoms with E-state index in [2.05, 4.69) is 142 Å². The zero-order valence-corrected chi connectivity index (χ0v) is 51.6. The highest BCUT2D eigenvalue weighted by atomic mass is 16.6. The van der Waals surface area contributed by atoms with Gasteiger partial charge in [0.25, 0.3) is 0 Å². The lowest BCUT2D eigenvalue weighted by Crippen LogP contribution is -2.30. The van der Waals surface area contributed by atoms with E-state index in [1.54, 1.807) is 0 Å². The molecule has 0 bridgehead atoms. The smallest absolute Gasteiger partial charge is 0.306 e. The molecule has 0 aliphatic carbocycles. The monoisotopic (exact) mass is 1090 g/mol. The van der Waals surface area contributed by atoms with Gasteiger partial charge in [0.2, 0.25) is 0 Å². The predicted molar refractivity (Wildman–Crippen MR) is 343 cm³/mol. The van der Waals surface area contributed by atoms with Crippen LogP contribution in [0.4, 0.5) is 0 Å². The second kappa shape index (κ2) is 66.3. The molecule has 1 unspecified atom stereocenters. The minimum absolute atomic E-state index is 0.0992. The van der Waals surface area contributed by atoms with Gasteiger partial charge in [-0.3, -0.25) is 14.4 Å². The fourth-order valence-corrected chi connectivity index (χ4v) is 9.04. The van der Waals surface area contributed by atoms with Crippen LogP contribution in [0.15, 0.2) is 122 Å². The first-order chi connectivity index (χ1) is 39.0. The van der Waals surface area contributed by atoms with Crippen molar-refractivity contribution >= 4 is 17.9 Å². The SMILES string of the molecule is CC/C=C\C/C=C\C/C=C\C/C=C\C/C=C\CCCCCCCCCC(=O)OCC(COC(=O)CCCC/C=C\C/C=C\C/C=C\C/C=C\CC)OC(=O)CCCCCCCCCCCCC/C=C\CCCCCCCCCC. The number of unbranched alkanes of at least 4 members (excludes halogenated alkanes) is 28. The molecule has 0 aromatic rings. The van der Waals surface area contributed by atoms with Gasteiger partial charge >= 0.3 is 17.9 Å². The molecule has 0 fully saturated rings. The molecule has 6 heteroatoms. The topological polar surface area (TPSA) is 78.9 Å². The maximum Gasteiger partial charge on any atom is 0.306 e. The van der Waals surface area contributed by atoms with Crippen LogP contribution in [0.1, 0.15) is 303 Å². The highest BCUT2D eigenvalue weighted by molar-refractivity contribution is 5.71. The Morgan fingerprint density at radius 1 is 0.266 bits per heavy atom. The number of ether oxygens (including phenoxy) is 3. The Morgan fingerprint density at radius 3 is 0.810 bits per heavy atom. The summed E-state index contributed by atoms with van der Waals surface area (Å²) in [7, 11) is 0. The lowest BCUT2D eigenvalue weighted by molar-refractivity contribution is -0.167. The van der Waals surface area contributed by atoms with Crippen LogP contribution in [0.2, 0.25) is 0 Å². The van der Waals surface area contributed by atoms with Gasteiger partial charge in [0.1, 0.15) is 13.2 Å². The predicted octanol–water partition coefficient (Wildman–Crippen LogP) is 22.8. The Balaban J connectivity index is 4.41. The Labute approximate surface area is 488 Å². The van der Waals surface area contributed by atoms with Crippen molar-refractivity contribution in [3.8, 4) is 0 Å². The van der Waals surface area contributed by atoms with Gasteiger partial charge in [0.15, 0.2) is 6.10 Å². The van der Waals surface area contributed by atoms with Crippen LogP contribution in [0.5, 0.6) is 0 Å². The third-order valence-corrected chi connectivity index (χ3v) is 13.9. The molecule has 0 amide bonds. The highest BCUT2D eigenvalue weighted by Crippen LogP contribution is 2.16. The molecular weight excluding hydrogens is 973 g/mol. The average molecular weight is 1100 g/mol. The minimum atomic E-state index is -0.805. The molecule has 450 valence electrons. The molecule has 1 atom stereocenters. The van der Waals surface area contributed by atoms with Gasteiger partial charge in [0, 0.05) is 19.3 Å². The van der Waals surface area contributed by atoms with E-state index in [0.717, 1.165) is 122 Å². The van der Waals surface area contributed by atoms with Gasteiger partial charge in [-0.1, -0.05) is 277 Å². The molecule has 0 saturated heterocycles. The van der Waals surface area contributed by atoms with Crippen molar-refractivity contribution in [3.63, 3.8) is 0 Å². The fourth-order valence-electron chi connectivity index (χ4n) is 9.04. The summed E-state index contributed by atoms with van der Waals surface area (Å²) < 4.78 is 16.9. The molecule has 0 aliphatic rings. The molecule has 0 radical (unpaired) electrons. The Kier molecular flexibility index (Phi) is 62.8. The summed E-state index contributed by atoms with van der Waals surface area (Å²) in [6.07, 6.45) is 92.1. The van der Waals surface area contributed by atoms with Gasteiger partial charge in [-0.2, -0.15) is 0 Å². The summed E-state index contributed by atoms with van der Waals surface area (Å²) in [5.41, 5.74) is 0. The molecule has 0 heterocycles.